The number of hydrogen-bond donors (Lipinski definition) is 1. The van der Waals surface area contributed by atoms with E-state index in [1.54, 1.807) is 17.6 Å². The van der Waals surface area contributed by atoms with Gasteiger partial charge in [0.15, 0.2) is 10.8 Å². The molecular weight excluding hydrogens is 284 g/mol. The van der Waals surface area contributed by atoms with Crippen molar-refractivity contribution in [3.63, 3.8) is 0 Å². The van der Waals surface area contributed by atoms with Crippen LogP contribution < -0.4 is 4.90 Å². The molecule has 0 spiro atoms. The summed E-state index contributed by atoms with van der Waals surface area (Å²) in [4.78, 5) is 6.71. The second-order valence-electron chi connectivity index (χ2n) is 4.60. The summed E-state index contributed by atoms with van der Waals surface area (Å²) in [6.45, 7) is 1.36. The number of para-hydroxylation sites is 1. The molecule has 5 heteroatoms. The van der Waals surface area contributed by atoms with Crippen LogP contribution in [0.3, 0.4) is 0 Å². The largest absolute Gasteiger partial charge is 0.462 e. The molecule has 0 aliphatic carbocycles. The molecule has 0 saturated heterocycles. The highest BCUT2D eigenvalue weighted by atomic mass is 32.1. The Bertz CT molecular complexity index is 665. The van der Waals surface area contributed by atoms with Crippen LogP contribution in [0, 0.1) is 0 Å². The zero-order valence-corrected chi connectivity index (χ0v) is 12.3. The molecule has 108 valence electrons. The highest BCUT2D eigenvalue weighted by Gasteiger charge is 2.11. The Morgan fingerprint density at radius 2 is 2.00 bits per heavy atom. The Morgan fingerprint density at radius 3 is 2.71 bits per heavy atom. The fraction of sp³-hybridized carbons (Fsp3) is 0.188. The number of aromatic nitrogens is 1. The maximum Gasteiger partial charge on any atom is 0.162 e. The molecule has 0 saturated carbocycles. The van der Waals surface area contributed by atoms with Gasteiger partial charge >= 0.3 is 0 Å². The van der Waals surface area contributed by atoms with Crippen LogP contribution in [0.1, 0.15) is 5.69 Å². The molecule has 0 aliphatic rings. The van der Waals surface area contributed by atoms with Gasteiger partial charge in [-0.2, -0.15) is 0 Å². The van der Waals surface area contributed by atoms with Gasteiger partial charge in [0.25, 0.3) is 0 Å². The Labute approximate surface area is 127 Å². The Hall–Kier alpha value is -2.11. The van der Waals surface area contributed by atoms with Crippen LogP contribution in [-0.4, -0.2) is 23.2 Å². The van der Waals surface area contributed by atoms with Crippen molar-refractivity contribution in [1.82, 2.24) is 4.98 Å². The van der Waals surface area contributed by atoms with E-state index in [9.17, 15) is 5.11 Å². The summed E-state index contributed by atoms with van der Waals surface area (Å²) in [6.07, 6.45) is 1.65. The summed E-state index contributed by atoms with van der Waals surface area (Å²) >= 11 is 1.57. The normalized spacial score (nSPS) is 10.7. The van der Waals surface area contributed by atoms with E-state index in [1.807, 2.05) is 47.8 Å². The average molecular weight is 300 g/mol. The molecule has 0 atom stereocenters. The van der Waals surface area contributed by atoms with Gasteiger partial charge in [0.05, 0.1) is 25.1 Å². The first kappa shape index (κ1) is 13.9. The fourth-order valence-electron chi connectivity index (χ4n) is 2.15. The van der Waals surface area contributed by atoms with Crippen molar-refractivity contribution in [2.45, 2.75) is 6.54 Å². The quantitative estimate of drug-likeness (QED) is 0.758. The maximum atomic E-state index is 9.26. The lowest BCUT2D eigenvalue weighted by Crippen LogP contribution is -2.26. The molecule has 21 heavy (non-hydrogen) atoms. The standard InChI is InChI=1S/C16H16N2O2S/c19-9-8-18(14-5-2-1-3-6-14)11-13-12-21-16(17-13)15-7-4-10-20-15/h1-7,10,12,19H,8-9,11H2. The third kappa shape index (κ3) is 3.32. The van der Waals surface area contributed by atoms with Crippen molar-refractivity contribution < 1.29 is 9.52 Å². The van der Waals surface area contributed by atoms with Crippen molar-refractivity contribution >= 4 is 17.0 Å². The lowest BCUT2D eigenvalue weighted by molar-refractivity contribution is 0.301. The van der Waals surface area contributed by atoms with Crippen LogP contribution in [0.25, 0.3) is 10.8 Å². The predicted molar refractivity (Wildman–Crippen MR) is 84.4 cm³/mol. The minimum atomic E-state index is 0.115. The lowest BCUT2D eigenvalue weighted by Gasteiger charge is -2.22. The van der Waals surface area contributed by atoms with E-state index in [0.29, 0.717) is 13.1 Å². The summed E-state index contributed by atoms with van der Waals surface area (Å²) in [6, 6.07) is 13.8. The first-order valence-corrected chi connectivity index (χ1v) is 7.64. The lowest BCUT2D eigenvalue weighted by atomic mass is 10.2. The molecule has 0 unspecified atom stereocenters. The van der Waals surface area contributed by atoms with Crippen LogP contribution in [-0.2, 0) is 6.54 Å². The summed E-state index contributed by atoms with van der Waals surface area (Å²) in [7, 11) is 0. The molecule has 0 amide bonds. The number of benzene rings is 1. The van der Waals surface area contributed by atoms with Gasteiger partial charge in [-0.25, -0.2) is 4.98 Å². The van der Waals surface area contributed by atoms with E-state index in [1.165, 1.54) is 0 Å². The van der Waals surface area contributed by atoms with Crippen molar-refractivity contribution in [3.05, 3.63) is 59.8 Å². The number of nitrogens with zero attached hydrogens (tertiary/aromatic N) is 2. The van der Waals surface area contributed by atoms with Crippen molar-refractivity contribution in [2.24, 2.45) is 0 Å². The number of aliphatic hydroxyl groups excluding tert-OH is 1. The van der Waals surface area contributed by atoms with Gasteiger partial charge in [-0.3, -0.25) is 0 Å². The highest BCUT2D eigenvalue weighted by Crippen LogP contribution is 2.25. The van der Waals surface area contributed by atoms with Gasteiger partial charge in [-0.15, -0.1) is 11.3 Å². The Morgan fingerprint density at radius 1 is 1.14 bits per heavy atom. The number of rotatable bonds is 6. The molecule has 0 bridgehead atoms. The molecule has 0 fully saturated rings. The number of hydrogen-bond acceptors (Lipinski definition) is 5. The van der Waals surface area contributed by atoms with E-state index in [0.717, 1.165) is 22.1 Å². The molecular formula is C16H16N2O2S. The van der Waals surface area contributed by atoms with Gasteiger partial charge in [-0.05, 0) is 24.3 Å². The number of furan rings is 1. The summed E-state index contributed by atoms with van der Waals surface area (Å²) in [5, 5.41) is 12.2. The van der Waals surface area contributed by atoms with Gasteiger partial charge in [0.1, 0.15) is 0 Å². The Kier molecular flexibility index (Phi) is 4.33. The van der Waals surface area contributed by atoms with E-state index >= 15 is 0 Å². The summed E-state index contributed by atoms with van der Waals surface area (Å²) in [5.74, 6) is 0.791. The third-order valence-electron chi connectivity index (χ3n) is 3.13. The highest BCUT2D eigenvalue weighted by molar-refractivity contribution is 7.13. The van der Waals surface area contributed by atoms with E-state index in [2.05, 4.69) is 9.88 Å². The van der Waals surface area contributed by atoms with E-state index in [-0.39, 0.29) is 6.61 Å². The van der Waals surface area contributed by atoms with Crippen LogP contribution in [0.2, 0.25) is 0 Å². The third-order valence-corrected chi connectivity index (χ3v) is 4.03. The second kappa shape index (κ2) is 6.56. The molecule has 4 nitrogen and oxygen atoms in total. The first-order valence-electron chi connectivity index (χ1n) is 6.76. The van der Waals surface area contributed by atoms with Gasteiger partial charge in [0.2, 0.25) is 0 Å². The van der Waals surface area contributed by atoms with Crippen LogP contribution in [0.5, 0.6) is 0 Å². The zero-order valence-electron chi connectivity index (χ0n) is 11.5. The maximum absolute atomic E-state index is 9.26. The zero-order chi connectivity index (χ0) is 14.5. The van der Waals surface area contributed by atoms with Crippen LogP contribution in [0.15, 0.2) is 58.5 Å². The topological polar surface area (TPSA) is 49.5 Å². The van der Waals surface area contributed by atoms with Crippen LogP contribution >= 0.6 is 11.3 Å². The van der Waals surface area contributed by atoms with Crippen molar-refractivity contribution in [1.29, 1.82) is 0 Å². The van der Waals surface area contributed by atoms with Gasteiger partial charge in [0, 0.05) is 17.6 Å². The summed E-state index contributed by atoms with van der Waals surface area (Å²) in [5.41, 5.74) is 2.06. The second-order valence-corrected chi connectivity index (χ2v) is 5.46. The number of anilines is 1. The number of thiazole rings is 1. The molecule has 0 radical (unpaired) electrons. The van der Waals surface area contributed by atoms with Crippen molar-refractivity contribution in [2.75, 3.05) is 18.1 Å². The fourth-order valence-corrected chi connectivity index (χ4v) is 2.92. The first-order chi connectivity index (χ1) is 10.4. The molecule has 2 aromatic heterocycles. The van der Waals surface area contributed by atoms with E-state index < -0.39 is 0 Å². The van der Waals surface area contributed by atoms with Gasteiger partial charge < -0.3 is 14.4 Å². The Balaban J connectivity index is 1.77. The van der Waals surface area contributed by atoms with Crippen molar-refractivity contribution in [3.8, 4) is 10.8 Å². The SMILES string of the molecule is OCCN(Cc1csc(-c2ccco2)n1)c1ccccc1. The van der Waals surface area contributed by atoms with Crippen LogP contribution in [0.4, 0.5) is 5.69 Å². The summed E-state index contributed by atoms with van der Waals surface area (Å²) < 4.78 is 5.36. The van der Waals surface area contributed by atoms with E-state index in [4.69, 9.17) is 4.42 Å². The minimum absolute atomic E-state index is 0.115. The molecule has 3 rings (SSSR count). The molecule has 3 aromatic rings. The smallest absolute Gasteiger partial charge is 0.162 e. The monoisotopic (exact) mass is 300 g/mol. The molecule has 0 aliphatic heterocycles. The molecule has 1 N–H and O–H groups in total. The minimum Gasteiger partial charge on any atom is -0.462 e. The predicted octanol–water partition coefficient (Wildman–Crippen LogP) is 3.40. The number of aliphatic hydroxyl groups is 1. The molecule has 2 heterocycles. The van der Waals surface area contributed by atoms with Gasteiger partial charge in [-0.1, -0.05) is 18.2 Å². The average Bonchev–Trinajstić information content (AvgIpc) is 3.19. The molecule has 1 aromatic carbocycles.